The molecule has 0 fully saturated rings. The normalized spacial score (nSPS) is 13.1. The van der Waals surface area contributed by atoms with E-state index in [-0.39, 0.29) is 6.10 Å². The van der Waals surface area contributed by atoms with E-state index in [1.165, 1.54) is 44.9 Å². The van der Waals surface area contributed by atoms with Crippen molar-refractivity contribution in [2.24, 2.45) is 0 Å². The van der Waals surface area contributed by atoms with Crippen LogP contribution in [0.5, 0.6) is 0 Å². The summed E-state index contributed by atoms with van der Waals surface area (Å²) >= 11 is 5.50. The molecule has 0 heterocycles. The van der Waals surface area contributed by atoms with Gasteiger partial charge >= 0.3 is 0 Å². The van der Waals surface area contributed by atoms with Crippen LogP contribution in [0.25, 0.3) is 0 Å². The second-order valence-electron chi connectivity index (χ2n) is 4.07. The maximum Gasteiger partial charge on any atom is 0.0675 e. The number of halogens is 1. The minimum Gasteiger partial charge on any atom is -0.392 e. The summed E-state index contributed by atoms with van der Waals surface area (Å²) < 4.78 is 0. The van der Waals surface area contributed by atoms with E-state index < -0.39 is 0 Å². The molecule has 0 amide bonds. The van der Waals surface area contributed by atoms with Gasteiger partial charge in [-0.05, 0) is 6.42 Å². The first-order valence-electron chi connectivity index (χ1n) is 6.05. The Morgan fingerprint density at radius 2 is 1.43 bits per heavy atom. The highest BCUT2D eigenvalue weighted by Gasteiger charge is 2.00. The molecule has 1 N–H and O–H groups in total. The van der Waals surface area contributed by atoms with E-state index in [1.54, 1.807) is 0 Å². The van der Waals surface area contributed by atoms with E-state index in [4.69, 9.17) is 11.6 Å². The van der Waals surface area contributed by atoms with Crippen LogP contribution < -0.4 is 0 Å². The van der Waals surface area contributed by atoms with E-state index in [0.717, 1.165) is 12.8 Å². The average molecular weight is 221 g/mol. The van der Waals surface area contributed by atoms with Crippen molar-refractivity contribution in [3.8, 4) is 0 Å². The molecule has 0 aromatic heterocycles. The van der Waals surface area contributed by atoms with Crippen LogP contribution in [0.15, 0.2) is 0 Å². The highest BCUT2D eigenvalue weighted by atomic mass is 35.5. The summed E-state index contributed by atoms with van der Waals surface area (Å²) in [6.45, 7) is 2.24. The topological polar surface area (TPSA) is 20.2 Å². The summed E-state index contributed by atoms with van der Waals surface area (Å²) in [4.78, 5) is 0. The third-order valence-corrected chi connectivity index (χ3v) is 2.93. The van der Waals surface area contributed by atoms with Crippen molar-refractivity contribution >= 4 is 11.6 Å². The number of alkyl halides is 1. The lowest BCUT2D eigenvalue weighted by molar-refractivity contribution is 0.183. The summed E-state index contributed by atoms with van der Waals surface area (Å²) in [6, 6.07) is 0. The fourth-order valence-electron chi connectivity index (χ4n) is 1.59. The quantitative estimate of drug-likeness (QED) is 0.434. The van der Waals surface area contributed by atoms with Gasteiger partial charge in [0.25, 0.3) is 0 Å². The van der Waals surface area contributed by atoms with E-state index in [1.807, 2.05) is 0 Å². The van der Waals surface area contributed by atoms with Gasteiger partial charge in [0.1, 0.15) is 0 Å². The van der Waals surface area contributed by atoms with Crippen LogP contribution in [0.3, 0.4) is 0 Å². The first-order valence-corrected chi connectivity index (χ1v) is 6.58. The second-order valence-corrected chi connectivity index (χ2v) is 4.38. The lowest BCUT2D eigenvalue weighted by Gasteiger charge is -2.05. The number of hydrogen-bond acceptors (Lipinski definition) is 1. The molecule has 0 aliphatic carbocycles. The van der Waals surface area contributed by atoms with Crippen molar-refractivity contribution in [1.82, 2.24) is 0 Å². The molecule has 0 aromatic carbocycles. The molecule has 0 radical (unpaired) electrons. The molecule has 0 aromatic rings. The van der Waals surface area contributed by atoms with Crippen LogP contribution in [0, 0.1) is 0 Å². The van der Waals surface area contributed by atoms with Gasteiger partial charge in [-0.2, -0.15) is 0 Å². The molecule has 0 unspecified atom stereocenters. The molecule has 0 aliphatic rings. The monoisotopic (exact) mass is 220 g/mol. The molecule has 0 saturated carbocycles. The molecule has 0 saturated heterocycles. The highest BCUT2D eigenvalue weighted by molar-refractivity contribution is 6.18. The van der Waals surface area contributed by atoms with Crippen LogP contribution in [0.4, 0.5) is 0 Å². The van der Waals surface area contributed by atoms with Crippen molar-refractivity contribution in [1.29, 1.82) is 0 Å². The lowest BCUT2D eigenvalue weighted by Crippen LogP contribution is -2.07. The minimum atomic E-state index is -0.281. The standard InChI is InChI=1S/C12H25ClO/c1-2-3-4-5-6-7-8-9-10-12(14)11-13/h12,14H,2-11H2,1H3/t12-/m1/s1. The number of aliphatic hydroxyl groups excluding tert-OH is 1. The van der Waals surface area contributed by atoms with Gasteiger partial charge in [-0.3, -0.25) is 0 Å². The van der Waals surface area contributed by atoms with Crippen molar-refractivity contribution < 1.29 is 5.11 Å². The zero-order valence-electron chi connectivity index (χ0n) is 9.47. The summed E-state index contributed by atoms with van der Waals surface area (Å²) in [7, 11) is 0. The van der Waals surface area contributed by atoms with Gasteiger partial charge in [-0.15, -0.1) is 11.6 Å². The van der Waals surface area contributed by atoms with Crippen LogP contribution in [0.2, 0.25) is 0 Å². The van der Waals surface area contributed by atoms with Crippen LogP contribution in [-0.4, -0.2) is 17.1 Å². The SMILES string of the molecule is CCCCCCCCCC[C@@H](O)CCl. The average Bonchev–Trinajstić information content (AvgIpc) is 2.21. The Morgan fingerprint density at radius 1 is 0.929 bits per heavy atom. The first kappa shape index (κ1) is 14.2. The van der Waals surface area contributed by atoms with E-state index >= 15 is 0 Å². The Labute approximate surface area is 93.9 Å². The lowest BCUT2D eigenvalue weighted by atomic mass is 10.1. The molecular formula is C12H25ClO. The number of unbranched alkanes of at least 4 members (excludes halogenated alkanes) is 7. The van der Waals surface area contributed by atoms with Crippen LogP contribution in [-0.2, 0) is 0 Å². The second kappa shape index (κ2) is 11.3. The molecule has 0 rings (SSSR count). The number of aliphatic hydroxyl groups is 1. The summed E-state index contributed by atoms with van der Waals surface area (Å²) in [6.07, 6.45) is 11.1. The molecule has 2 heteroatoms. The van der Waals surface area contributed by atoms with Gasteiger partial charge in [0.05, 0.1) is 6.10 Å². The van der Waals surface area contributed by atoms with Crippen LogP contribution in [0.1, 0.15) is 64.7 Å². The zero-order chi connectivity index (χ0) is 10.6. The molecule has 0 bridgehead atoms. The summed E-state index contributed by atoms with van der Waals surface area (Å²) in [5, 5.41) is 9.20. The van der Waals surface area contributed by atoms with E-state index in [0.29, 0.717) is 5.88 Å². The molecule has 1 atom stereocenters. The maximum atomic E-state index is 9.20. The van der Waals surface area contributed by atoms with E-state index in [9.17, 15) is 5.11 Å². The van der Waals surface area contributed by atoms with Crippen LogP contribution >= 0.6 is 11.6 Å². The molecule has 14 heavy (non-hydrogen) atoms. The van der Waals surface area contributed by atoms with Gasteiger partial charge in [0.15, 0.2) is 0 Å². The molecular weight excluding hydrogens is 196 g/mol. The zero-order valence-corrected chi connectivity index (χ0v) is 10.2. The maximum absolute atomic E-state index is 9.20. The third kappa shape index (κ3) is 10.3. The smallest absolute Gasteiger partial charge is 0.0675 e. The Balaban J connectivity index is 2.92. The predicted octanol–water partition coefficient (Wildman–Crippen LogP) is 4.12. The van der Waals surface area contributed by atoms with Gasteiger partial charge in [0.2, 0.25) is 0 Å². The molecule has 0 spiro atoms. The third-order valence-electron chi connectivity index (χ3n) is 2.57. The van der Waals surface area contributed by atoms with Crippen molar-refractivity contribution in [3.05, 3.63) is 0 Å². The Hall–Kier alpha value is 0.250. The Morgan fingerprint density at radius 3 is 1.93 bits per heavy atom. The van der Waals surface area contributed by atoms with Gasteiger partial charge < -0.3 is 5.11 Å². The first-order chi connectivity index (χ1) is 6.81. The number of hydrogen-bond donors (Lipinski definition) is 1. The molecule has 1 nitrogen and oxygen atoms in total. The molecule has 0 aliphatic heterocycles. The summed E-state index contributed by atoms with van der Waals surface area (Å²) in [5.41, 5.74) is 0. The van der Waals surface area contributed by atoms with Crippen molar-refractivity contribution in [2.45, 2.75) is 70.8 Å². The fourth-order valence-corrected chi connectivity index (χ4v) is 1.75. The Kier molecular flexibility index (Phi) is 11.5. The highest BCUT2D eigenvalue weighted by Crippen LogP contribution is 2.10. The minimum absolute atomic E-state index is 0.281. The summed E-state index contributed by atoms with van der Waals surface area (Å²) in [5.74, 6) is 0.385. The fraction of sp³-hybridized carbons (Fsp3) is 1.00. The van der Waals surface area contributed by atoms with Crippen molar-refractivity contribution in [2.75, 3.05) is 5.88 Å². The van der Waals surface area contributed by atoms with Gasteiger partial charge in [-0.25, -0.2) is 0 Å². The van der Waals surface area contributed by atoms with E-state index in [2.05, 4.69) is 6.92 Å². The van der Waals surface area contributed by atoms with Crippen molar-refractivity contribution in [3.63, 3.8) is 0 Å². The van der Waals surface area contributed by atoms with Gasteiger partial charge in [0, 0.05) is 5.88 Å². The Bertz CT molecular complexity index is 106. The predicted molar refractivity (Wildman–Crippen MR) is 64.0 cm³/mol. The van der Waals surface area contributed by atoms with Gasteiger partial charge in [-0.1, -0.05) is 58.3 Å². The number of rotatable bonds is 10. The largest absolute Gasteiger partial charge is 0.392 e. The molecule has 86 valence electrons.